The molecule has 0 spiro atoms. The highest BCUT2D eigenvalue weighted by Gasteiger charge is 2.25. The van der Waals surface area contributed by atoms with E-state index in [0.29, 0.717) is 11.1 Å². The van der Waals surface area contributed by atoms with Crippen molar-refractivity contribution in [2.45, 2.75) is 29.6 Å². The van der Waals surface area contributed by atoms with Crippen molar-refractivity contribution in [2.24, 2.45) is 0 Å². The summed E-state index contributed by atoms with van der Waals surface area (Å²) < 4.78 is 31.4. The molecule has 1 aliphatic heterocycles. The van der Waals surface area contributed by atoms with Crippen LogP contribution in [0, 0.1) is 0 Å². The quantitative estimate of drug-likeness (QED) is 0.556. The zero-order chi connectivity index (χ0) is 21.2. The molecule has 2 aromatic carbocycles. The first-order valence-corrected chi connectivity index (χ1v) is 11.6. The molecule has 1 atom stereocenters. The Bertz CT molecular complexity index is 1040. The molecule has 10 heteroatoms. The highest BCUT2D eigenvalue weighted by Crippen LogP contribution is 2.33. The summed E-state index contributed by atoms with van der Waals surface area (Å²) in [5.74, 6) is -2.11. The fourth-order valence-electron chi connectivity index (χ4n) is 3.07. The molecule has 1 amide bonds. The highest BCUT2D eigenvalue weighted by atomic mass is 79.9. The lowest BCUT2D eigenvalue weighted by atomic mass is 10.1. The summed E-state index contributed by atoms with van der Waals surface area (Å²) in [6.45, 7) is 0.928. The Balaban J connectivity index is 1.86. The van der Waals surface area contributed by atoms with Crippen LogP contribution in [0.15, 0.2) is 39.7 Å². The molecule has 1 fully saturated rings. The molecule has 1 unspecified atom stereocenters. The van der Waals surface area contributed by atoms with E-state index in [1.54, 1.807) is 0 Å². The van der Waals surface area contributed by atoms with Crippen molar-refractivity contribution in [2.75, 3.05) is 13.2 Å². The van der Waals surface area contributed by atoms with Crippen LogP contribution in [-0.4, -0.2) is 43.8 Å². The van der Waals surface area contributed by atoms with E-state index in [9.17, 15) is 23.4 Å². The van der Waals surface area contributed by atoms with Gasteiger partial charge in [0.15, 0.2) is 9.84 Å². The van der Waals surface area contributed by atoms with Gasteiger partial charge < -0.3 is 20.3 Å². The first-order valence-electron chi connectivity index (χ1n) is 8.80. The fraction of sp³-hybridized carbons (Fsp3) is 0.316. The van der Waals surface area contributed by atoms with Crippen LogP contribution in [0.2, 0.25) is 5.02 Å². The van der Waals surface area contributed by atoms with Gasteiger partial charge in [0.25, 0.3) is 5.91 Å². The maximum Gasteiger partial charge on any atom is 0.255 e. The molecule has 1 heterocycles. The van der Waals surface area contributed by atoms with Gasteiger partial charge in [-0.3, -0.25) is 4.79 Å². The number of phenols is 2. The molecule has 0 aliphatic carbocycles. The third kappa shape index (κ3) is 5.22. The Morgan fingerprint density at radius 1 is 1.28 bits per heavy atom. The van der Waals surface area contributed by atoms with Crippen LogP contribution >= 0.6 is 27.5 Å². The van der Waals surface area contributed by atoms with Gasteiger partial charge in [0, 0.05) is 28.2 Å². The van der Waals surface area contributed by atoms with Gasteiger partial charge in [0.2, 0.25) is 0 Å². The number of carbonyl (C=O) groups excluding carboxylic acids is 1. The summed E-state index contributed by atoms with van der Waals surface area (Å²) in [4.78, 5) is 12.2. The first kappa shape index (κ1) is 21.9. The smallest absolute Gasteiger partial charge is 0.255 e. The lowest BCUT2D eigenvalue weighted by Crippen LogP contribution is -2.31. The van der Waals surface area contributed by atoms with Crippen LogP contribution in [-0.2, 0) is 20.3 Å². The zero-order valence-electron chi connectivity index (χ0n) is 15.2. The molecular formula is C19H19BrClNO6S. The maximum atomic E-state index is 12.8. The number of ether oxygens (including phenoxy) is 1. The van der Waals surface area contributed by atoms with E-state index in [2.05, 4.69) is 21.2 Å². The standard InChI is InChI=1S/C19H19BrClNO6S/c20-12-3-4-16(23)17(7-12)29(26,27)10-11-6-13(21)8-15(18(11)24)19(25)22-9-14-2-1-5-28-14/h3-4,6-8,14,23-24H,1-2,5,9-10H2,(H,22,25). The van der Waals surface area contributed by atoms with E-state index in [-0.39, 0.29) is 33.7 Å². The number of amides is 1. The number of rotatable bonds is 6. The SMILES string of the molecule is O=C(NCC1CCCO1)c1cc(Cl)cc(CS(=O)(=O)c2cc(Br)ccc2O)c1O. The Hall–Kier alpha value is -1.81. The Morgan fingerprint density at radius 3 is 2.72 bits per heavy atom. The van der Waals surface area contributed by atoms with Crippen molar-refractivity contribution < 1.29 is 28.2 Å². The second-order valence-corrected chi connectivity index (χ2v) is 9.99. The summed E-state index contributed by atoms with van der Waals surface area (Å²) in [7, 11) is -4.02. The van der Waals surface area contributed by atoms with Crippen molar-refractivity contribution in [1.29, 1.82) is 0 Å². The highest BCUT2D eigenvalue weighted by molar-refractivity contribution is 9.10. The lowest BCUT2D eigenvalue weighted by Gasteiger charge is -2.14. The number of sulfone groups is 1. The predicted molar refractivity (Wildman–Crippen MR) is 111 cm³/mol. The topological polar surface area (TPSA) is 113 Å². The van der Waals surface area contributed by atoms with Crippen LogP contribution in [0.3, 0.4) is 0 Å². The molecule has 7 nitrogen and oxygen atoms in total. The van der Waals surface area contributed by atoms with E-state index in [4.69, 9.17) is 16.3 Å². The minimum Gasteiger partial charge on any atom is -0.507 e. The lowest BCUT2D eigenvalue weighted by molar-refractivity contribution is 0.0855. The van der Waals surface area contributed by atoms with Crippen LogP contribution in [0.25, 0.3) is 0 Å². The molecule has 1 saturated heterocycles. The Kier molecular flexibility index (Phi) is 6.72. The fourth-order valence-corrected chi connectivity index (χ4v) is 5.30. The Morgan fingerprint density at radius 2 is 2.03 bits per heavy atom. The number of hydrogen-bond donors (Lipinski definition) is 3. The van der Waals surface area contributed by atoms with Crippen LogP contribution in [0.4, 0.5) is 0 Å². The largest absolute Gasteiger partial charge is 0.507 e. The molecule has 0 aromatic heterocycles. The second kappa shape index (κ2) is 8.91. The first-order chi connectivity index (χ1) is 13.7. The van der Waals surface area contributed by atoms with E-state index in [1.165, 1.54) is 30.3 Å². The van der Waals surface area contributed by atoms with Gasteiger partial charge in [-0.15, -0.1) is 0 Å². The average Bonchev–Trinajstić information content (AvgIpc) is 3.17. The van der Waals surface area contributed by atoms with E-state index < -0.39 is 33.0 Å². The number of benzene rings is 2. The van der Waals surface area contributed by atoms with Gasteiger partial charge in [0.05, 0.1) is 17.4 Å². The molecule has 29 heavy (non-hydrogen) atoms. The third-order valence-electron chi connectivity index (χ3n) is 4.51. The summed E-state index contributed by atoms with van der Waals surface area (Å²) in [6.07, 6.45) is 1.68. The van der Waals surface area contributed by atoms with Crippen molar-refractivity contribution >= 4 is 43.3 Å². The molecule has 1 aliphatic rings. The van der Waals surface area contributed by atoms with E-state index >= 15 is 0 Å². The summed E-state index contributed by atoms with van der Waals surface area (Å²) in [6, 6.07) is 6.57. The van der Waals surface area contributed by atoms with Gasteiger partial charge in [-0.2, -0.15) is 0 Å². The average molecular weight is 505 g/mol. The zero-order valence-corrected chi connectivity index (χ0v) is 18.3. The molecule has 3 rings (SSSR count). The number of carbonyl (C=O) groups is 1. The number of halogens is 2. The van der Waals surface area contributed by atoms with Crippen molar-refractivity contribution in [3.63, 3.8) is 0 Å². The number of nitrogens with one attached hydrogen (secondary N) is 1. The van der Waals surface area contributed by atoms with Crippen molar-refractivity contribution in [1.82, 2.24) is 5.32 Å². The van der Waals surface area contributed by atoms with Crippen molar-refractivity contribution in [3.05, 3.63) is 51.0 Å². The third-order valence-corrected chi connectivity index (χ3v) is 6.91. The van der Waals surface area contributed by atoms with Gasteiger partial charge in [-0.05, 0) is 43.2 Å². The summed E-state index contributed by atoms with van der Waals surface area (Å²) in [5.41, 5.74) is -0.168. The van der Waals surface area contributed by atoms with Gasteiger partial charge in [0.1, 0.15) is 16.4 Å². The minimum absolute atomic E-state index is 0.0425. The van der Waals surface area contributed by atoms with Gasteiger partial charge in [-0.25, -0.2) is 8.42 Å². The van der Waals surface area contributed by atoms with Crippen LogP contribution < -0.4 is 5.32 Å². The monoisotopic (exact) mass is 503 g/mol. The van der Waals surface area contributed by atoms with E-state index in [0.717, 1.165) is 12.8 Å². The van der Waals surface area contributed by atoms with Crippen LogP contribution in [0.5, 0.6) is 11.5 Å². The van der Waals surface area contributed by atoms with Gasteiger partial charge >= 0.3 is 0 Å². The second-order valence-electron chi connectivity index (χ2n) is 6.68. The molecule has 0 bridgehead atoms. The van der Waals surface area contributed by atoms with Gasteiger partial charge in [-0.1, -0.05) is 27.5 Å². The van der Waals surface area contributed by atoms with Crippen molar-refractivity contribution in [3.8, 4) is 11.5 Å². The summed E-state index contributed by atoms with van der Waals surface area (Å²) in [5, 5.41) is 23.2. The molecular weight excluding hydrogens is 486 g/mol. The number of phenolic OH excluding ortho intramolecular Hbond substituents is 2. The molecule has 3 N–H and O–H groups in total. The molecule has 0 saturated carbocycles. The predicted octanol–water partition coefficient (Wildman–Crippen LogP) is 3.40. The Labute approximate surface area is 181 Å². The number of hydrogen-bond acceptors (Lipinski definition) is 6. The molecule has 2 aromatic rings. The molecule has 156 valence electrons. The maximum absolute atomic E-state index is 12.8. The van der Waals surface area contributed by atoms with Crippen LogP contribution in [0.1, 0.15) is 28.8 Å². The van der Waals surface area contributed by atoms with E-state index in [1.807, 2.05) is 0 Å². The minimum atomic E-state index is -4.02. The normalized spacial score (nSPS) is 16.7. The summed E-state index contributed by atoms with van der Waals surface area (Å²) >= 11 is 9.22. The number of aromatic hydroxyl groups is 2. The molecule has 0 radical (unpaired) electrons.